The van der Waals surface area contributed by atoms with Crippen LogP contribution in [-0.2, 0) is 38.9 Å². The third-order valence-electron chi connectivity index (χ3n) is 16.6. The zero-order valence-electron chi connectivity index (χ0n) is 55.7. The molecule has 28 nitrogen and oxygen atoms in total. The van der Waals surface area contributed by atoms with Crippen LogP contribution in [0.25, 0.3) is 44.7 Å². The third-order valence-corrected chi connectivity index (χ3v) is 16.6. The summed E-state index contributed by atoms with van der Waals surface area (Å²) in [6.07, 6.45) is 9.05. The summed E-state index contributed by atoms with van der Waals surface area (Å²) in [5.41, 5.74) is 24.9. The molecule has 0 unspecified atom stereocenters. The molecule has 0 saturated heterocycles. The smallest absolute Gasteiger partial charge is 0.304 e. The molecule has 0 atom stereocenters. The number of hydrogen-bond donors (Lipinski definition) is 9. The van der Waals surface area contributed by atoms with Gasteiger partial charge in [0.1, 0.15) is 22.8 Å². The Bertz CT molecular complexity index is 5270. The minimum absolute atomic E-state index is 0.0502. The maximum Gasteiger partial charge on any atom is 0.304 e. The third kappa shape index (κ3) is 15.6. The van der Waals surface area contributed by atoms with Crippen molar-refractivity contribution < 1.29 is 46.9 Å². The number of halogens is 2. The van der Waals surface area contributed by atoms with Crippen LogP contribution in [0.5, 0.6) is 23.3 Å². The molecule has 522 valence electrons. The lowest BCUT2D eigenvalue weighted by Crippen LogP contribution is -2.19. The first-order chi connectivity index (χ1) is 50.1. The number of aromatic nitrogens is 13. The van der Waals surface area contributed by atoms with Crippen molar-refractivity contribution in [2.45, 2.75) is 65.1 Å². The Labute approximate surface area is 585 Å². The number of rotatable bonds is 17. The number of nitrogens with one attached hydrogen (secondary N) is 6. The quantitative estimate of drug-likeness (QED) is 0.0409. The highest BCUT2D eigenvalue weighted by atomic mass is 19.1. The predicted octanol–water partition coefficient (Wildman–Crippen LogP) is 9.95. The molecular weight excluding hydrogens is 1320 g/mol. The fraction of sp³-hybridized carbons (Fsp3) is 0.192. The Morgan fingerprint density at radius 1 is 0.563 bits per heavy atom. The van der Waals surface area contributed by atoms with E-state index in [4.69, 9.17) is 36.1 Å². The van der Waals surface area contributed by atoms with Crippen molar-refractivity contribution in [1.82, 2.24) is 64.2 Å². The molecule has 6 aromatic carbocycles. The van der Waals surface area contributed by atoms with Gasteiger partial charge in [-0.1, -0.05) is 97.1 Å². The van der Waals surface area contributed by atoms with Gasteiger partial charge in [0, 0.05) is 65.5 Å². The summed E-state index contributed by atoms with van der Waals surface area (Å²) >= 11 is 0. The summed E-state index contributed by atoms with van der Waals surface area (Å²) in [4.78, 5) is 88.3. The van der Waals surface area contributed by atoms with Gasteiger partial charge in [-0.3, -0.25) is 24.5 Å². The number of carbonyl (C=O) groups is 4. The fourth-order valence-corrected chi connectivity index (χ4v) is 11.8. The van der Waals surface area contributed by atoms with Crippen LogP contribution in [0.15, 0.2) is 158 Å². The van der Waals surface area contributed by atoms with Crippen LogP contribution < -0.4 is 57.4 Å². The van der Waals surface area contributed by atoms with Crippen molar-refractivity contribution in [1.29, 1.82) is 0 Å². The number of fused-ring (bicyclic) bond motifs is 6. The van der Waals surface area contributed by atoms with E-state index >= 15 is 0 Å². The first-order valence-electron chi connectivity index (χ1n) is 32.8. The molecule has 0 saturated carbocycles. The second kappa shape index (κ2) is 30.8. The number of anilines is 4. The van der Waals surface area contributed by atoms with Crippen LogP contribution in [0.3, 0.4) is 0 Å². The Kier molecular flexibility index (Phi) is 20.4. The number of aromatic amines is 2. The molecule has 3 aliphatic heterocycles. The highest BCUT2D eigenvalue weighted by Crippen LogP contribution is 2.37. The van der Waals surface area contributed by atoms with Gasteiger partial charge in [0.15, 0.2) is 34.7 Å². The summed E-state index contributed by atoms with van der Waals surface area (Å²) in [7, 11) is 1.42. The summed E-state index contributed by atoms with van der Waals surface area (Å²) in [5.74, 6) is 0.776. The molecule has 4 amide bonds. The van der Waals surface area contributed by atoms with Crippen LogP contribution in [0, 0.1) is 18.6 Å². The topological polar surface area (TPSA) is 389 Å². The largest absolute Gasteiger partial charge is 0.488 e. The number of primary amides is 3. The molecule has 0 spiro atoms. The minimum atomic E-state index is -0.795. The Morgan fingerprint density at radius 3 is 1.61 bits per heavy atom. The van der Waals surface area contributed by atoms with E-state index in [1.807, 2.05) is 116 Å². The minimum Gasteiger partial charge on any atom is -0.488 e. The molecule has 0 radical (unpaired) electrons. The van der Waals surface area contributed by atoms with Gasteiger partial charge in [0.05, 0.1) is 78.7 Å². The number of amides is 4. The highest BCUT2D eigenvalue weighted by Gasteiger charge is 2.28. The average molecular weight is 1390 g/mol. The predicted molar refractivity (Wildman–Crippen MR) is 380 cm³/mol. The molecule has 3 aliphatic rings. The second-order valence-corrected chi connectivity index (χ2v) is 23.8. The molecule has 13 aromatic rings. The maximum atomic E-state index is 14.4. The van der Waals surface area contributed by atoms with E-state index in [1.165, 1.54) is 47.2 Å². The van der Waals surface area contributed by atoms with Crippen molar-refractivity contribution in [3.05, 3.63) is 232 Å². The lowest BCUT2D eigenvalue weighted by molar-refractivity contribution is 0.0989. The number of ether oxygens (including phenoxy) is 4. The summed E-state index contributed by atoms with van der Waals surface area (Å²) in [5, 5.41) is 18.5. The van der Waals surface area contributed by atoms with Gasteiger partial charge in [-0.2, -0.15) is 29.7 Å². The Morgan fingerprint density at radius 2 is 1.09 bits per heavy atom. The van der Waals surface area contributed by atoms with Crippen LogP contribution >= 0.6 is 0 Å². The Balaban J connectivity index is 0.000000130. The van der Waals surface area contributed by atoms with E-state index in [0.29, 0.717) is 97.0 Å². The van der Waals surface area contributed by atoms with Crippen molar-refractivity contribution >= 4 is 79.9 Å². The number of hydrogen-bond acceptors (Lipinski definition) is 20. The first-order valence-corrected chi connectivity index (χ1v) is 32.8. The summed E-state index contributed by atoms with van der Waals surface area (Å²) in [6.45, 7) is 5.44. The number of nitrogens with two attached hydrogens (primary N) is 3. The van der Waals surface area contributed by atoms with Crippen molar-refractivity contribution in [2.24, 2.45) is 17.2 Å². The SMILES string of the molecule is COc1nc2c(C(N)=O)cc(F)cc2n1-c1nc2c(c(NCc3ccccc3)n1)OCCC2.Cc1cc2c(C(=O)Nc3nc4c(c(NCc5ccccc5)n3)OCCC4)cccc2[nH]1.NC(=O)c1c[nH]cn1.NC(=O)c1cc(F)cc2c1cnn2-c1nc2c(c(NCc3ccccc3)n1)OCCC2. The monoisotopic (exact) mass is 1390 g/mol. The zero-order valence-corrected chi connectivity index (χ0v) is 55.7. The number of imidazole rings is 2. The van der Waals surface area contributed by atoms with Gasteiger partial charge in [-0.05, 0) is 92.5 Å². The van der Waals surface area contributed by atoms with Crippen molar-refractivity contribution in [3.8, 4) is 35.2 Å². The zero-order chi connectivity index (χ0) is 71.5. The van der Waals surface area contributed by atoms with E-state index in [-0.39, 0.29) is 57.6 Å². The van der Waals surface area contributed by atoms with Crippen molar-refractivity contribution in [2.75, 3.05) is 48.2 Å². The number of aryl methyl sites for hydroxylation is 4. The van der Waals surface area contributed by atoms with Crippen molar-refractivity contribution in [3.63, 3.8) is 0 Å². The standard InChI is InChI=1S/C24H23N5O2.C23H21FN6O3.C22H19FN6O2.C4H5N3O/c1-15-13-18-17(9-5-10-19(18)26-15)23(30)29-24-27-20-11-6-12-31-21(20)22(28-24)25-14-16-7-3-2-4-8-16;1-32-23-28-18-15(20(25)31)10-14(24)11-17(18)30(23)22-27-16-8-5-9-33-19(16)21(29-22)26-12-13-6-3-2-4-7-13;23-14-9-15(20(24)30)16-12-26-29(18(16)10-14)22-27-17-7-4-8-31-19(17)21(28-22)25-11-13-5-2-1-3-6-13;5-4(8)3-1-6-2-7-3/h2-5,7-10,13,26H,6,11-12,14H2,1H3,(H2,25,27,28,29,30);2-4,6-7,10-11H,5,8-9,12H2,1H3,(H2,25,31)(H,26,27,29);1-3,5-6,9-10,12H,4,7-8,11H2,(H2,24,30)(H,25,27,28);1-2H,(H2,5,8)(H,6,7). The lowest BCUT2D eigenvalue weighted by atomic mass is 10.1. The molecule has 30 heteroatoms. The second-order valence-electron chi connectivity index (χ2n) is 23.8. The van der Waals surface area contributed by atoms with Crippen LogP contribution in [0.2, 0.25) is 0 Å². The fourth-order valence-electron chi connectivity index (χ4n) is 11.8. The maximum absolute atomic E-state index is 14.4. The molecule has 12 N–H and O–H groups in total. The lowest BCUT2D eigenvalue weighted by Gasteiger charge is -2.21. The van der Waals surface area contributed by atoms with Gasteiger partial charge in [0.25, 0.3) is 23.7 Å². The number of H-pyrrole nitrogens is 2. The molecule has 16 rings (SSSR count). The first kappa shape index (κ1) is 68.1. The molecular formula is C73H68F2N20O8. The molecule has 0 fully saturated rings. The highest BCUT2D eigenvalue weighted by molar-refractivity contribution is 6.12. The molecule has 7 aromatic heterocycles. The van der Waals surface area contributed by atoms with Gasteiger partial charge >= 0.3 is 6.01 Å². The van der Waals surface area contributed by atoms with Gasteiger partial charge in [0.2, 0.25) is 17.8 Å². The van der Waals surface area contributed by atoms with E-state index in [1.54, 1.807) is 6.07 Å². The number of nitrogens with zero attached hydrogens (tertiary/aromatic N) is 11. The normalized spacial score (nSPS) is 12.5. The molecule has 10 heterocycles. The summed E-state index contributed by atoms with van der Waals surface area (Å²) in [6, 6.07) is 42.2. The van der Waals surface area contributed by atoms with E-state index in [9.17, 15) is 28.0 Å². The average Bonchev–Trinajstić information content (AvgIpc) is 1.64. The molecule has 0 bridgehead atoms. The number of carbonyl (C=O) groups excluding carboxylic acids is 4. The van der Waals surface area contributed by atoms with E-state index in [2.05, 4.69) is 76.2 Å². The van der Waals surface area contributed by atoms with Gasteiger partial charge in [-0.25, -0.2) is 33.3 Å². The van der Waals surface area contributed by atoms with Gasteiger partial charge in [-0.15, -0.1) is 0 Å². The summed E-state index contributed by atoms with van der Waals surface area (Å²) < 4.78 is 54.4. The number of methoxy groups -OCH3 is 1. The van der Waals surface area contributed by atoms with Gasteiger partial charge < -0.3 is 62.1 Å². The van der Waals surface area contributed by atoms with Crippen LogP contribution in [-0.4, -0.2) is 115 Å². The van der Waals surface area contributed by atoms with Crippen LogP contribution in [0.1, 0.15) is 100 Å². The Hall–Kier alpha value is -13.4. The van der Waals surface area contributed by atoms with E-state index < -0.39 is 29.4 Å². The van der Waals surface area contributed by atoms with Crippen LogP contribution in [0.4, 0.5) is 32.2 Å². The molecule has 103 heavy (non-hydrogen) atoms. The molecule has 0 aliphatic carbocycles. The van der Waals surface area contributed by atoms with E-state index in [0.717, 1.165) is 94.6 Å². The number of benzene rings is 6.